The van der Waals surface area contributed by atoms with E-state index in [1.807, 2.05) is 40.7 Å². The number of nitro groups is 1. The van der Waals surface area contributed by atoms with Gasteiger partial charge < -0.3 is 4.74 Å². The first kappa shape index (κ1) is 26.0. The fourth-order valence-electron chi connectivity index (χ4n) is 3.14. The van der Waals surface area contributed by atoms with Crippen LogP contribution < -0.4 is 10.3 Å². The number of aromatic nitrogens is 2. The third-order valence-corrected chi connectivity index (χ3v) is 6.18. The molecule has 10 heteroatoms. The van der Waals surface area contributed by atoms with E-state index in [2.05, 4.69) is 41.9 Å². The summed E-state index contributed by atoms with van der Waals surface area (Å²) in [5.41, 5.74) is 0.373. The number of nitrogens with zero attached hydrogens (tertiary/aromatic N) is 4. The van der Waals surface area contributed by atoms with E-state index < -0.39 is 4.92 Å². The summed E-state index contributed by atoms with van der Waals surface area (Å²) in [4.78, 5) is 29.2. The summed E-state index contributed by atoms with van der Waals surface area (Å²) in [6.45, 7) is 10.2. The lowest BCUT2D eigenvalue weighted by Crippen LogP contribution is -2.23. The molecule has 180 valence electrons. The smallest absolute Gasteiger partial charge is 0.312 e. The second-order valence-electron chi connectivity index (χ2n) is 9.26. The van der Waals surface area contributed by atoms with E-state index in [0.717, 1.165) is 10.9 Å². The first-order chi connectivity index (χ1) is 15.9. The van der Waals surface area contributed by atoms with Gasteiger partial charge in [-0.25, -0.2) is 4.98 Å². The van der Waals surface area contributed by atoms with Crippen molar-refractivity contribution < 1.29 is 9.66 Å². The maximum atomic E-state index is 13.3. The molecular weight excluding hydrogens is 568 g/mol. The second-order valence-corrected chi connectivity index (χ2v) is 11.0. The number of hydrogen-bond donors (Lipinski definition) is 0. The molecule has 2 aromatic carbocycles. The summed E-state index contributed by atoms with van der Waals surface area (Å²) in [6, 6.07) is 8.39. The molecule has 0 unspecified atom stereocenters. The molecule has 0 radical (unpaired) electrons. The quantitative estimate of drug-likeness (QED) is 0.173. The minimum absolute atomic E-state index is 0.0212. The van der Waals surface area contributed by atoms with E-state index >= 15 is 0 Å². The molecule has 0 aliphatic heterocycles. The molecule has 0 bridgehead atoms. The van der Waals surface area contributed by atoms with Crippen molar-refractivity contribution in [3.05, 3.63) is 71.1 Å². The van der Waals surface area contributed by atoms with Crippen molar-refractivity contribution >= 4 is 54.7 Å². The molecule has 0 fully saturated rings. The summed E-state index contributed by atoms with van der Waals surface area (Å²) < 4.78 is 8.22. The highest BCUT2D eigenvalue weighted by Gasteiger charge is 2.23. The number of hydrogen-bond acceptors (Lipinski definition) is 6. The number of rotatable bonds is 7. The molecule has 34 heavy (non-hydrogen) atoms. The van der Waals surface area contributed by atoms with Crippen LogP contribution in [0.5, 0.6) is 5.75 Å². The fraction of sp³-hybridized carbons (Fsp3) is 0.375. The monoisotopic (exact) mass is 592 g/mol. The zero-order valence-corrected chi connectivity index (χ0v) is 22.8. The Morgan fingerprint density at radius 1 is 1.26 bits per heavy atom. The maximum absolute atomic E-state index is 13.3. The lowest BCUT2D eigenvalue weighted by Gasteiger charge is -2.19. The molecule has 0 aliphatic rings. The van der Waals surface area contributed by atoms with Gasteiger partial charge in [-0.1, -0.05) is 50.5 Å². The molecule has 0 spiro atoms. The lowest BCUT2D eigenvalue weighted by atomic mass is 9.99. The Balaban J connectivity index is 2.11. The largest absolute Gasteiger partial charge is 0.485 e. The molecule has 0 amide bonds. The summed E-state index contributed by atoms with van der Waals surface area (Å²) in [6.07, 6.45) is 2.19. The molecule has 0 N–H and O–H groups in total. The van der Waals surface area contributed by atoms with Crippen LogP contribution in [0.3, 0.4) is 0 Å². The van der Waals surface area contributed by atoms with Gasteiger partial charge in [0.05, 0.1) is 33.1 Å². The van der Waals surface area contributed by atoms with Crippen molar-refractivity contribution in [2.75, 3.05) is 6.61 Å². The lowest BCUT2D eigenvalue weighted by molar-refractivity contribution is -0.386. The van der Waals surface area contributed by atoms with Crippen LogP contribution in [0, 0.1) is 15.5 Å². The zero-order chi connectivity index (χ0) is 25.2. The number of halogens is 2. The van der Waals surface area contributed by atoms with E-state index in [0.29, 0.717) is 33.4 Å². The Labute approximate surface area is 214 Å². The van der Waals surface area contributed by atoms with Crippen LogP contribution in [0.4, 0.5) is 5.69 Å². The number of fused-ring (bicyclic) bond motifs is 1. The van der Waals surface area contributed by atoms with Gasteiger partial charge in [0.2, 0.25) is 5.75 Å². The molecule has 8 nitrogen and oxygen atoms in total. The van der Waals surface area contributed by atoms with Crippen molar-refractivity contribution in [3.8, 4) is 5.75 Å². The van der Waals surface area contributed by atoms with Gasteiger partial charge in [0.1, 0.15) is 5.82 Å². The van der Waals surface area contributed by atoms with Gasteiger partial charge in [-0.15, -0.1) is 0 Å². The minimum atomic E-state index is -0.494. The summed E-state index contributed by atoms with van der Waals surface area (Å²) in [7, 11) is 0. The SMILES string of the molecule is CC[C@@H](C)c1nc2ccc(Br)cc2c(=O)n1N=Cc1cc(Br)c(OCC(C)(C)C)c([N+](=O)[O-])c1. The molecule has 0 saturated heterocycles. The topological polar surface area (TPSA) is 99.6 Å². The Kier molecular flexibility index (Phi) is 7.92. The van der Waals surface area contributed by atoms with Crippen LogP contribution >= 0.6 is 31.9 Å². The van der Waals surface area contributed by atoms with Crippen molar-refractivity contribution in [2.45, 2.75) is 47.0 Å². The standard InChI is InChI=1S/C24H26Br2N4O4/c1-6-14(2)22-28-19-8-7-16(25)11-17(19)23(31)29(22)27-12-15-9-18(26)21(20(10-15)30(32)33)34-13-24(3,4)5/h7-12,14H,6,13H2,1-5H3/t14-/m1/s1. The van der Waals surface area contributed by atoms with E-state index in [9.17, 15) is 14.9 Å². The number of nitro benzene ring substituents is 1. The molecule has 0 aliphatic carbocycles. The third-order valence-electron chi connectivity index (χ3n) is 5.10. The molecule has 0 saturated carbocycles. The number of ether oxygens (including phenoxy) is 1. The predicted molar refractivity (Wildman–Crippen MR) is 141 cm³/mol. The average Bonchev–Trinajstić information content (AvgIpc) is 2.76. The van der Waals surface area contributed by atoms with Crippen LogP contribution in [-0.2, 0) is 0 Å². The van der Waals surface area contributed by atoms with Gasteiger partial charge in [-0.3, -0.25) is 14.9 Å². The van der Waals surface area contributed by atoms with Gasteiger partial charge in [0, 0.05) is 22.0 Å². The van der Waals surface area contributed by atoms with Crippen LogP contribution in [-0.4, -0.2) is 27.4 Å². The first-order valence-corrected chi connectivity index (χ1v) is 12.4. The van der Waals surface area contributed by atoms with E-state index in [4.69, 9.17) is 4.74 Å². The first-order valence-electron chi connectivity index (χ1n) is 10.8. The Morgan fingerprint density at radius 2 is 1.97 bits per heavy atom. The molecule has 3 aromatic rings. The van der Waals surface area contributed by atoms with Crippen molar-refractivity contribution in [2.24, 2.45) is 10.5 Å². The summed E-state index contributed by atoms with van der Waals surface area (Å²) in [5.74, 6) is 0.663. The van der Waals surface area contributed by atoms with Crippen molar-refractivity contribution in [1.82, 2.24) is 9.66 Å². The zero-order valence-electron chi connectivity index (χ0n) is 19.6. The Morgan fingerprint density at radius 3 is 2.59 bits per heavy atom. The average molecular weight is 594 g/mol. The minimum Gasteiger partial charge on any atom is -0.485 e. The normalized spacial score (nSPS) is 12.9. The Hall–Kier alpha value is -2.59. The fourth-order valence-corrected chi connectivity index (χ4v) is 4.09. The van der Waals surface area contributed by atoms with Gasteiger partial charge in [0.25, 0.3) is 5.56 Å². The van der Waals surface area contributed by atoms with Gasteiger partial charge in [0.15, 0.2) is 0 Å². The molecule has 1 heterocycles. The highest BCUT2D eigenvalue weighted by Crippen LogP contribution is 2.37. The molecule has 3 rings (SSSR count). The van der Waals surface area contributed by atoms with Crippen LogP contribution in [0.2, 0.25) is 0 Å². The highest BCUT2D eigenvalue weighted by molar-refractivity contribution is 9.10. The van der Waals surface area contributed by atoms with E-state index in [1.54, 1.807) is 18.2 Å². The maximum Gasteiger partial charge on any atom is 0.312 e. The molecule has 1 atom stereocenters. The summed E-state index contributed by atoms with van der Waals surface area (Å²) >= 11 is 6.78. The van der Waals surface area contributed by atoms with E-state index in [1.165, 1.54) is 17.0 Å². The van der Waals surface area contributed by atoms with Gasteiger partial charge >= 0.3 is 5.69 Å². The summed E-state index contributed by atoms with van der Waals surface area (Å²) in [5, 5.41) is 16.6. The van der Waals surface area contributed by atoms with Gasteiger partial charge in [-0.05, 0) is 52.0 Å². The van der Waals surface area contributed by atoms with Crippen LogP contribution in [0.25, 0.3) is 10.9 Å². The van der Waals surface area contributed by atoms with Crippen LogP contribution in [0.15, 0.2) is 49.2 Å². The van der Waals surface area contributed by atoms with E-state index in [-0.39, 0.29) is 28.3 Å². The van der Waals surface area contributed by atoms with Crippen LogP contribution in [0.1, 0.15) is 58.3 Å². The molecule has 1 aromatic heterocycles. The van der Waals surface area contributed by atoms with Gasteiger partial charge in [-0.2, -0.15) is 9.78 Å². The van der Waals surface area contributed by atoms with Crippen molar-refractivity contribution in [3.63, 3.8) is 0 Å². The Bertz CT molecular complexity index is 1330. The third kappa shape index (κ3) is 5.90. The van der Waals surface area contributed by atoms with Crippen molar-refractivity contribution in [1.29, 1.82) is 0 Å². The predicted octanol–water partition coefficient (Wildman–Crippen LogP) is 6.65. The second kappa shape index (κ2) is 10.4. The number of benzene rings is 2. The highest BCUT2D eigenvalue weighted by atomic mass is 79.9. The molecular formula is C24H26Br2N4O4.